The molecule has 1 aromatic rings. The number of ether oxygens (including phenoxy) is 3. The van der Waals surface area contributed by atoms with Gasteiger partial charge in [0.15, 0.2) is 11.4 Å². The monoisotopic (exact) mass is 486 g/mol. The molecule has 0 aromatic heterocycles. The fourth-order valence-electron chi connectivity index (χ4n) is 2.55. The summed E-state index contributed by atoms with van der Waals surface area (Å²) < 4.78 is 40.8. The molecule has 32 heavy (non-hydrogen) atoms. The average Bonchev–Trinajstić information content (AvgIpc) is 2.82. The van der Waals surface area contributed by atoms with Crippen molar-refractivity contribution in [1.29, 1.82) is 5.26 Å². The van der Waals surface area contributed by atoms with Gasteiger partial charge in [0.05, 0.1) is 38.6 Å². The van der Waals surface area contributed by atoms with Gasteiger partial charge in [0.2, 0.25) is 0 Å². The van der Waals surface area contributed by atoms with Crippen molar-refractivity contribution >= 4 is 25.3 Å². The van der Waals surface area contributed by atoms with E-state index in [1.54, 1.807) is 30.5 Å². The zero-order valence-electron chi connectivity index (χ0n) is 18.9. The Kier molecular flexibility index (Phi) is 14.0. The summed E-state index contributed by atoms with van der Waals surface area (Å²) in [5.74, 6) is -1.80. The highest BCUT2D eigenvalue weighted by Crippen LogP contribution is 2.60. The first-order valence-corrected chi connectivity index (χ1v) is 12.9. The SMILES string of the molecule is CCOCCOP(=O)(OCCOCC)C(N/C(SC)=C(/C#N)C(=O)OC)c1ccccc1. The molecule has 0 saturated carbocycles. The molecular weight excluding hydrogens is 455 g/mol. The normalized spacial score (nSPS) is 13.1. The van der Waals surface area contributed by atoms with E-state index in [1.807, 2.05) is 26.0 Å². The standard InChI is InChI=1S/C21H31N2O7PS/c1-5-27-12-14-29-31(25,30-15-13-28-6-2)19(17-10-8-7-9-11-17)23-20(32-4)18(16-22)21(24)26-3/h7-11,19,23H,5-6,12-15H2,1-4H3/b20-18+. The maximum atomic E-state index is 14.0. The second-order valence-corrected chi connectivity index (χ2v) is 9.00. The van der Waals surface area contributed by atoms with Crippen LogP contribution in [0, 0.1) is 11.3 Å². The molecular formula is C21H31N2O7PS. The lowest BCUT2D eigenvalue weighted by atomic mass is 10.2. The van der Waals surface area contributed by atoms with Crippen LogP contribution in [0.15, 0.2) is 40.9 Å². The molecule has 0 bridgehead atoms. The summed E-state index contributed by atoms with van der Waals surface area (Å²) in [6.45, 7) is 5.20. The van der Waals surface area contributed by atoms with Gasteiger partial charge >= 0.3 is 13.6 Å². The summed E-state index contributed by atoms with van der Waals surface area (Å²) >= 11 is 1.11. The van der Waals surface area contributed by atoms with Crippen molar-refractivity contribution in [3.8, 4) is 6.07 Å². The summed E-state index contributed by atoms with van der Waals surface area (Å²) in [6.07, 6.45) is 1.68. The van der Waals surface area contributed by atoms with Crippen molar-refractivity contribution in [2.45, 2.75) is 19.6 Å². The van der Waals surface area contributed by atoms with Crippen molar-refractivity contribution in [3.63, 3.8) is 0 Å². The summed E-state index contributed by atoms with van der Waals surface area (Å²) in [4.78, 5) is 12.1. The number of rotatable bonds is 16. The highest BCUT2D eigenvalue weighted by Gasteiger charge is 2.39. The average molecular weight is 487 g/mol. The molecule has 178 valence electrons. The van der Waals surface area contributed by atoms with E-state index in [0.29, 0.717) is 18.8 Å². The zero-order valence-corrected chi connectivity index (χ0v) is 20.6. The summed E-state index contributed by atoms with van der Waals surface area (Å²) in [5.41, 5.74) is 0.355. The largest absolute Gasteiger partial charge is 0.465 e. The van der Waals surface area contributed by atoms with Crippen molar-refractivity contribution < 1.29 is 32.6 Å². The number of thioether (sulfide) groups is 1. The Hall–Kier alpha value is -1.86. The van der Waals surface area contributed by atoms with Gasteiger partial charge in [-0.15, -0.1) is 11.8 Å². The van der Waals surface area contributed by atoms with E-state index in [0.717, 1.165) is 11.8 Å². The Bertz CT molecular complexity index is 798. The van der Waals surface area contributed by atoms with Crippen LogP contribution in [0.4, 0.5) is 0 Å². The molecule has 1 N–H and O–H groups in total. The Morgan fingerprint density at radius 3 is 2.09 bits per heavy atom. The molecule has 0 spiro atoms. The third kappa shape index (κ3) is 8.94. The van der Waals surface area contributed by atoms with Crippen molar-refractivity contribution in [3.05, 3.63) is 46.5 Å². The van der Waals surface area contributed by atoms with E-state index in [1.165, 1.54) is 7.11 Å². The lowest BCUT2D eigenvalue weighted by Crippen LogP contribution is -2.25. The highest BCUT2D eigenvalue weighted by molar-refractivity contribution is 8.02. The molecule has 0 saturated heterocycles. The maximum Gasteiger partial charge on any atom is 0.357 e. The first-order valence-electron chi connectivity index (χ1n) is 10.1. The zero-order chi connectivity index (χ0) is 23.8. The number of carbonyl (C=O) groups is 1. The van der Waals surface area contributed by atoms with E-state index in [2.05, 4.69) is 5.32 Å². The fraction of sp³-hybridized carbons (Fsp3) is 0.524. The van der Waals surface area contributed by atoms with Gasteiger partial charge in [0.25, 0.3) is 0 Å². The van der Waals surface area contributed by atoms with Crippen LogP contribution in [0.3, 0.4) is 0 Å². The predicted octanol–water partition coefficient (Wildman–Crippen LogP) is 3.85. The smallest absolute Gasteiger partial charge is 0.357 e. The van der Waals surface area contributed by atoms with Gasteiger partial charge in [-0.2, -0.15) is 5.26 Å². The minimum atomic E-state index is -3.87. The fourth-order valence-corrected chi connectivity index (χ4v) is 5.06. The lowest BCUT2D eigenvalue weighted by molar-refractivity contribution is -0.135. The van der Waals surface area contributed by atoms with E-state index in [4.69, 9.17) is 23.3 Å². The second-order valence-electron chi connectivity index (χ2n) is 6.07. The Morgan fingerprint density at radius 1 is 1.09 bits per heavy atom. The minimum absolute atomic E-state index is 0.0329. The number of nitrogens with one attached hydrogen (secondary N) is 1. The molecule has 0 aliphatic rings. The number of nitriles is 1. The number of esters is 1. The van der Waals surface area contributed by atoms with Crippen molar-refractivity contribution in [2.75, 3.05) is 53.0 Å². The van der Waals surface area contributed by atoms with Crippen LogP contribution in [0.25, 0.3) is 0 Å². The first-order chi connectivity index (χ1) is 15.5. The summed E-state index contributed by atoms with van der Waals surface area (Å²) in [7, 11) is -2.68. The van der Waals surface area contributed by atoms with Gasteiger partial charge in [-0.25, -0.2) is 4.79 Å². The van der Waals surface area contributed by atoms with Crippen molar-refractivity contribution in [2.24, 2.45) is 0 Å². The van der Waals surface area contributed by atoms with Gasteiger partial charge in [-0.3, -0.25) is 4.57 Å². The van der Waals surface area contributed by atoms with Crippen LogP contribution in [-0.4, -0.2) is 59.0 Å². The molecule has 0 aliphatic heterocycles. The van der Waals surface area contributed by atoms with Gasteiger partial charge in [-0.05, 0) is 25.7 Å². The Labute approximate surface area is 193 Å². The second kappa shape index (κ2) is 15.9. The first kappa shape index (κ1) is 28.2. The highest BCUT2D eigenvalue weighted by atomic mass is 32.2. The number of carbonyl (C=O) groups excluding carboxylic acids is 1. The summed E-state index contributed by atoms with van der Waals surface area (Å²) in [6, 6.07) is 10.7. The molecule has 0 fully saturated rings. The number of nitrogens with zero attached hydrogens (tertiary/aromatic N) is 1. The van der Waals surface area contributed by atoms with Crippen LogP contribution in [0.2, 0.25) is 0 Å². The molecule has 1 rings (SSSR count). The van der Waals surface area contributed by atoms with Crippen LogP contribution < -0.4 is 5.32 Å². The quantitative estimate of drug-likeness (QED) is 0.121. The van der Waals surface area contributed by atoms with Crippen molar-refractivity contribution in [1.82, 2.24) is 5.32 Å². The van der Waals surface area contributed by atoms with Gasteiger partial charge in [0, 0.05) is 13.2 Å². The molecule has 0 radical (unpaired) electrons. The topological polar surface area (TPSA) is 116 Å². The molecule has 1 unspecified atom stereocenters. The minimum Gasteiger partial charge on any atom is -0.465 e. The van der Waals surface area contributed by atoms with Gasteiger partial charge in [0.1, 0.15) is 6.07 Å². The Morgan fingerprint density at radius 2 is 1.66 bits per heavy atom. The van der Waals surface area contributed by atoms with Gasteiger partial charge < -0.3 is 28.6 Å². The van der Waals surface area contributed by atoms with Crippen LogP contribution in [-0.2, 0) is 32.6 Å². The third-order valence-electron chi connectivity index (χ3n) is 4.04. The molecule has 1 aromatic carbocycles. The van der Waals surface area contributed by atoms with Gasteiger partial charge in [-0.1, -0.05) is 30.3 Å². The third-order valence-corrected chi connectivity index (χ3v) is 6.91. The summed E-state index contributed by atoms with van der Waals surface area (Å²) in [5, 5.41) is 12.7. The number of hydrogen-bond donors (Lipinski definition) is 1. The van der Waals surface area contributed by atoms with E-state index in [9.17, 15) is 14.6 Å². The van der Waals surface area contributed by atoms with E-state index >= 15 is 0 Å². The van der Waals surface area contributed by atoms with E-state index < -0.39 is 19.3 Å². The molecule has 0 heterocycles. The van der Waals surface area contributed by atoms with Crippen LogP contribution in [0.5, 0.6) is 0 Å². The van der Waals surface area contributed by atoms with Crippen LogP contribution >= 0.6 is 19.4 Å². The molecule has 0 amide bonds. The Balaban J connectivity index is 3.38. The number of benzene rings is 1. The van der Waals surface area contributed by atoms with E-state index in [-0.39, 0.29) is 37.0 Å². The lowest BCUT2D eigenvalue weighted by Gasteiger charge is -2.29. The maximum absolute atomic E-state index is 14.0. The number of methoxy groups -OCH3 is 1. The number of hydrogen-bond acceptors (Lipinski definition) is 10. The molecule has 9 nitrogen and oxygen atoms in total. The predicted molar refractivity (Wildman–Crippen MR) is 123 cm³/mol. The molecule has 1 atom stereocenters. The molecule has 0 aliphatic carbocycles. The van der Waals surface area contributed by atoms with Crippen LogP contribution in [0.1, 0.15) is 25.2 Å². The molecule has 11 heteroatoms.